The number of rotatable bonds is 4. The van der Waals surface area contributed by atoms with Gasteiger partial charge in [-0.05, 0) is 32.1 Å². The summed E-state index contributed by atoms with van der Waals surface area (Å²) in [6.07, 6.45) is 7.52. The van der Waals surface area contributed by atoms with Crippen LogP contribution in [0.4, 0.5) is 0 Å². The zero-order chi connectivity index (χ0) is 13.1. The Morgan fingerprint density at radius 3 is 2.44 bits per heavy atom. The molecule has 2 fully saturated rings. The molecule has 2 heterocycles. The first-order valence-electron chi connectivity index (χ1n) is 6.85. The number of hydrogen-bond donors (Lipinski definition) is 1. The summed E-state index contributed by atoms with van der Waals surface area (Å²) >= 11 is 0. The second kappa shape index (κ2) is 5.55. The molecule has 2 saturated heterocycles. The molecule has 4 heteroatoms. The first-order chi connectivity index (χ1) is 8.61. The van der Waals surface area contributed by atoms with Crippen LogP contribution < -0.4 is 0 Å². The smallest absolute Gasteiger partial charge is 0.328 e. The van der Waals surface area contributed by atoms with E-state index in [0.29, 0.717) is 6.42 Å². The van der Waals surface area contributed by atoms with E-state index in [2.05, 4.69) is 6.92 Å². The van der Waals surface area contributed by atoms with Gasteiger partial charge in [0.25, 0.3) is 0 Å². The van der Waals surface area contributed by atoms with Crippen LogP contribution in [-0.4, -0.2) is 34.0 Å². The minimum absolute atomic E-state index is 0.249. The van der Waals surface area contributed by atoms with Crippen LogP contribution in [0.25, 0.3) is 0 Å². The van der Waals surface area contributed by atoms with E-state index < -0.39 is 5.97 Å². The Morgan fingerprint density at radius 2 is 1.94 bits per heavy atom. The molecule has 0 saturated carbocycles. The van der Waals surface area contributed by atoms with Gasteiger partial charge in [0.15, 0.2) is 0 Å². The third kappa shape index (κ3) is 2.74. The zero-order valence-electron chi connectivity index (χ0n) is 10.9. The molecule has 0 radical (unpaired) electrons. The SMILES string of the molecule is CCCCC(=O)N1C2CCC1CC(=CC(=O)O)C2. The summed E-state index contributed by atoms with van der Waals surface area (Å²) in [6, 6.07) is 0.498. The Bertz CT molecular complexity index is 359. The zero-order valence-corrected chi connectivity index (χ0v) is 10.9. The molecule has 18 heavy (non-hydrogen) atoms. The molecule has 0 aliphatic carbocycles. The molecule has 1 amide bonds. The fourth-order valence-corrected chi connectivity index (χ4v) is 3.21. The van der Waals surface area contributed by atoms with Crippen LogP contribution in [0.15, 0.2) is 11.6 Å². The number of nitrogens with zero attached hydrogens (tertiary/aromatic N) is 1. The number of carbonyl (C=O) groups excluding carboxylic acids is 1. The molecule has 2 aliphatic heterocycles. The van der Waals surface area contributed by atoms with Crippen molar-refractivity contribution in [1.82, 2.24) is 4.90 Å². The Morgan fingerprint density at radius 1 is 1.33 bits per heavy atom. The molecule has 2 aliphatic rings. The molecular weight excluding hydrogens is 230 g/mol. The minimum Gasteiger partial charge on any atom is -0.478 e. The van der Waals surface area contributed by atoms with Crippen molar-refractivity contribution in [1.29, 1.82) is 0 Å². The minimum atomic E-state index is -0.866. The maximum atomic E-state index is 12.1. The predicted molar refractivity (Wildman–Crippen MR) is 68.1 cm³/mol. The van der Waals surface area contributed by atoms with Crippen LogP contribution in [0.5, 0.6) is 0 Å². The molecule has 4 nitrogen and oxygen atoms in total. The molecular formula is C14H21NO3. The summed E-state index contributed by atoms with van der Waals surface area (Å²) in [4.78, 5) is 24.9. The lowest BCUT2D eigenvalue weighted by Crippen LogP contribution is -2.44. The van der Waals surface area contributed by atoms with Gasteiger partial charge >= 0.3 is 5.97 Å². The average Bonchev–Trinajstić information content (AvgIpc) is 2.57. The molecule has 2 bridgehead atoms. The van der Waals surface area contributed by atoms with E-state index in [1.54, 1.807) is 0 Å². The number of carboxylic acids is 1. The van der Waals surface area contributed by atoms with Crippen molar-refractivity contribution in [2.45, 2.75) is 64.0 Å². The van der Waals surface area contributed by atoms with Crippen LogP contribution >= 0.6 is 0 Å². The van der Waals surface area contributed by atoms with Crippen molar-refractivity contribution in [2.75, 3.05) is 0 Å². The van der Waals surface area contributed by atoms with Gasteiger partial charge < -0.3 is 10.0 Å². The fourth-order valence-electron chi connectivity index (χ4n) is 3.21. The van der Waals surface area contributed by atoms with Gasteiger partial charge in [-0.3, -0.25) is 4.79 Å². The third-order valence-corrected chi connectivity index (χ3v) is 3.98. The van der Waals surface area contributed by atoms with E-state index in [9.17, 15) is 9.59 Å². The molecule has 0 aromatic heterocycles. The quantitative estimate of drug-likeness (QED) is 0.780. The Balaban J connectivity index is 2.02. The number of aliphatic carboxylic acids is 1. The second-order valence-electron chi connectivity index (χ2n) is 5.34. The van der Waals surface area contributed by atoms with Gasteiger partial charge in [-0.15, -0.1) is 0 Å². The average molecular weight is 251 g/mol. The number of carboxylic acid groups (broad SMARTS) is 1. The molecule has 0 aromatic carbocycles. The standard InChI is InChI=1S/C14H21NO3/c1-2-3-4-13(16)15-11-5-6-12(15)8-10(7-11)9-14(17)18/h9,11-12H,2-8H2,1H3,(H,17,18). The maximum absolute atomic E-state index is 12.1. The first-order valence-corrected chi connectivity index (χ1v) is 6.85. The van der Waals surface area contributed by atoms with E-state index in [1.165, 1.54) is 6.08 Å². The van der Waals surface area contributed by atoms with E-state index in [-0.39, 0.29) is 18.0 Å². The maximum Gasteiger partial charge on any atom is 0.328 e. The van der Waals surface area contributed by atoms with Crippen LogP contribution in [0, 0.1) is 0 Å². The van der Waals surface area contributed by atoms with Gasteiger partial charge in [0.1, 0.15) is 0 Å². The lowest BCUT2D eigenvalue weighted by atomic mass is 9.95. The molecule has 100 valence electrons. The van der Waals surface area contributed by atoms with Gasteiger partial charge in [0.05, 0.1) is 0 Å². The Hall–Kier alpha value is -1.32. The van der Waals surface area contributed by atoms with Gasteiger partial charge in [0, 0.05) is 24.6 Å². The predicted octanol–water partition coefficient (Wildman–Crippen LogP) is 2.34. The van der Waals surface area contributed by atoms with E-state index >= 15 is 0 Å². The van der Waals surface area contributed by atoms with Crippen molar-refractivity contribution in [2.24, 2.45) is 0 Å². The number of fused-ring (bicyclic) bond motifs is 2. The lowest BCUT2D eigenvalue weighted by molar-refractivity contribution is -0.134. The largest absolute Gasteiger partial charge is 0.478 e. The van der Waals surface area contributed by atoms with Crippen molar-refractivity contribution in [3.63, 3.8) is 0 Å². The van der Waals surface area contributed by atoms with Crippen LogP contribution in [0.1, 0.15) is 51.9 Å². The van der Waals surface area contributed by atoms with Crippen LogP contribution in [0.3, 0.4) is 0 Å². The highest BCUT2D eigenvalue weighted by atomic mass is 16.4. The molecule has 1 N–H and O–H groups in total. The van der Waals surface area contributed by atoms with Crippen LogP contribution in [0.2, 0.25) is 0 Å². The third-order valence-electron chi connectivity index (χ3n) is 3.98. The van der Waals surface area contributed by atoms with Crippen molar-refractivity contribution in [3.8, 4) is 0 Å². The van der Waals surface area contributed by atoms with Crippen molar-refractivity contribution >= 4 is 11.9 Å². The molecule has 2 unspecified atom stereocenters. The van der Waals surface area contributed by atoms with Crippen molar-refractivity contribution < 1.29 is 14.7 Å². The summed E-state index contributed by atoms with van der Waals surface area (Å²) in [5.74, 6) is -0.603. The van der Waals surface area contributed by atoms with Gasteiger partial charge in [-0.1, -0.05) is 18.9 Å². The van der Waals surface area contributed by atoms with E-state index in [0.717, 1.165) is 44.1 Å². The summed E-state index contributed by atoms with van der Waals surface area (Å²) in [7, 11) is 0. The lowest BCUT2D eigenvalue weighted by Gasteiger charge is -2.36. The monoisotopic (exact) mass is 251 g/mol. The van der Waals surface area contributed by atoms with Gasteiger partial charge in [0.2, 0.25) is 5.91 Å². The second-order valence-corrected chi connectivity index (χ2v) is 5.34. The number of piperidine rings is 1. The highest BCUT2D eigenvalue weighted by molar-refractivity contribution is 5.81. The summed E-state index contributed by atoms with van der Waals surface area (Å²) in [6.45, 7) is 2.09. The van der Waals surface area contributed by atoms with Gasteiger partial charge in [-0.2, -0.15) is 0 Å². The van der Waals surface area contributed by atoms with Crippen LogP contribution in [-0.2, 0) is 9.59 Å². The molecule has 2 rings (SSSR count). The number of carbonyl (C=O) groups is 2. The number of amides is 1. The summed E-state index contributed by atoms with van der Waals surface area (Å²) in [5.41, 5.74) is 0.995. The summed E-state index contributed by atoms with van der Waals surface area (Å²) in [5, 5.41) is 8.79. The normalized spacial score (nSPS) is 26.3. The highest BCUT2D eigenvalue weighted by Gasteiger charge is 2.40. The molecule has 0 aromatic rings. The Labute approximate surface area is 108 Å². The topological polar surface area (TPSA) is 57.6 Å². The summed E-state index contributed by atoms with van der Waals surface area (Å²) < 4.78 is 0. The number of hydrogen-bond acceptors (Lipinski definition) is 2. The van der Waals surface area contributed by atoms with Crippen molar-refractivity contribution in [3.05, 3.63) is 11.6 Å². The Kier molecular flexibility index (Phi) is 4.04. The number of unbranched alkanes of at least 4 members (excludes halogenated alkanes) is 1. The first kappa shape index (κ1) is 13.1. The highest BCUT2D eigenvalue weighted by Crippen LogP contribution is 2.38. The molecule has 0 spiro atoms. The van der Waals surface area contributed by atoms with Gasteiger partial charge in [-0.25, -0.2) is 4.79 Å². The molecule has 2 atom stereocenters. The van der Waals surface area contributed by atoms with E-state index in [1.807, 2.05) is 4.90 Å². The van der Waals surface area contributed by atoms with E-state index in [4.69, 9.17) is 5.11 Å². The fraction of sp³-hybridized carbons (Fsp3) is 0.714.